The summed E-state index contributed by atoms with van der Waals surface area (Å²) in [4.78, 5) is 0. The minimum Gasteiger partial charge on any atom is -0.393 e. The lowest BCUT2D eigenvalue weighted by Crippen LogP contribution is -2.34. The quantitative estimate of drug-likeness (QED) is 0.756. The van der Waals surface area contributed by atoms with Crippen LogP contribution in [0.5, 0.6) is 0 Å². The predicted octanol–water partition coefficient (Wildman–Crippen LogP) is 0.884. The highest BCUT2D eigenvalue weighted by atomic mass is 16.5. The van der Waals surface area contributed by atoms with E-state index in [1.54, 1.807) is 0 Å². The molecule has 0 spiro atoms. The third-order valence-corrected chi connectivity index (χ3v) is 2.92. The molecular formula is C12H17NO2. The summed E-state index contributed by atoms with van der Waals surface area (Å²) in [5.74, 6) is 0. The van der Waals surface area contributed by atoms with Crippen molar-refractivity contribution in [1.29, 1.82) is 0 Å². The second kappa shape index (κ2) is 4.75. The highest BCUT2D eigenvalue weighted by Gasteiger charge is 2.33. The van der Waals surface area contributed by atoms with Crippen molar-refractivity contribution < 1.29 is 9.84 Å². The van der Waals surface area contributed by atoms with Gasteiger partial charge in [0.05, 0.1) is 13.2 Å². The fraction of sp³-hybridized carbons (Fsp3) is 0.500. The molecule has 1 aliphatic heterocycles. The molecule has 0 radical (unpaired) electrons. The number of ether oxygens (including phenoxy) is 1. The van der Waals surface area contributed by atoms with Gasteiger partial charge in [0.1, 0.15) is 5.60 Å². The number of benzene rings is 1. The third-order valence-electron chi connectivity index (χ3n) is 2.92. The van der Waals surface area contributed by atoms with Crippen molar-refractivity contribution in [3.8, 4) is 0 Å². The Morgan fingerprint density at radius 1 is 1.27 bits per heavy atom. The van der Waals surface area contributed by atoms with Gasteiger partial charge < -0.3 is 15.2 Å². The number of rotatable bonds is 2. The molecule has 0 saturated carbocycles. The van der Waals surface area contributed by atoms with Crippen LogP contribution in [0, 0.1) is 0 Å². The Morgan fingerprint density at radius 2 is 2.07 bits per heavy atom. The molecule has 1 atom stereocenters. The molecule has 0 aliphatic carbocycles. The van der Waals surface area contributed by atoms with E-state index in [1.165, 1.54) is 0 Å². The number of aliphatic hydroxyl groups excluding tert-OH is 1. The van der Waals surface area contributed by atoms with Crippen LogP contribution >= 0.6 is 0 Å². The maximum atomic E-state index is 9.57. The van der Waals surface area contributed by atoms with E-state index < -0.39 is 5.60 Å². The fourth-order valence-electron chi connectivity index (χ4n) is 1.99. The average Bonchev–Trinajstić information content (AvgIpc) is 2.56. The van der Waals surface area contributed by atoms with Gasteiger partial charge in [-0.15, -0.1) is 0 Å². The second-order valence-electron chi connectivity index (χ2n) is 3.87. The van der Waals surface area contributed by atoms with Gasteiger partial charge in [-0.1, -0.05) is 30.3 Å². The summed E-state index contributed by atoms with van der Waals surface area (Å²) in [6.07, 6.45) is 0.813. The Hall–Kier alpha value is -0.900. The van der Waals surface area contributed by atoms with E-state index in [0.29, 0.717) is 6.61 Å². The first-order valence-corrected chi connectivity index (χ1v) is 5.38. The van der Waals surface area contributed by atoms with Crippen LogP contribution in [0.3, 0.4) is 0 Å². The Kier molecular flexibility index (Phi) is 3.36. The summed E-state index contributed by atoms with van der Waals surface area (Å²) in [6, 6.07) is 9.97. The molecule has 3 nitrogen and oxygen atoms in total. The minimum absolute atomic E-state index is 0.0404. The van der Waals surface area contributed by atoms with Gasteiger partial charge in [0.25, 0.3) is 0 Å². The Labute approximate surface area is 90.1 Å². The zero-order valence-corrected chi connectivity index (χ0v) is 8.78. The van der Waals surface area contributed by atoms with Gasteiger partial charge in [0.15, 0.2) is 0 Å². The number of aliphatic hydroxyl groups is 1. The van der Waals surface area contributed by atoms with Crippen molar-refractivity contribution in [3.63, 3.8) is 0 Å². The topological polar surface area (TPSA) is 41.5 Å². The monoisotopic (exact) mass is 207 g/mol. The van der Waals surface area contributed by atoms with Crippen molar-refractivity contribution in [2.45, 2.75) is 12.0 Å². The van der Waals surface area contributed by atoms with Crippen molar-refractivity contribution in [1.82, 2.24) is 5.32 Å². The first-order chi connectivity index (χ1) is 7.37. The van der Waals surface area contributed by atoms with E-state index >= 15 is 0 Å². The Balaban J connectivity index is 2.27. The Bertz CT molecular complexity index is 292. The molecular weight excluding hydrogens is 190 g/mol. The van der Waals surface area contributed by atoms with Crippen molar-refractivity contribution in [3.05, 3.63) is 35.9 Å². The van der Waals surface area contributed by atoms with Crippen LogP contribution in [0.2, 0.25) is 0 Å². The van der Waals surface area contributed by atoms with Crippen LogP contribution in [0.4, 0.5) is 0 Å². The normalized spacial score (nSPS) is 27.3. The van der Waals surface area contributed by atoms with Crippen LogP contribution < -0.4 is 5.32 Å². The van der Waals surface area contributed by atoms with E-state index in [1.807, 2.05) is 30.3 Å². The van der Waals surface area contributed by atoms with E-state index in [9.17, 15) is 5.11 Å². The molecule has 1 aromatic carbocycles. The summed E-state index contributed by atoms with van der Waals surface area (Å²) in [6.45, 7) is 2.43. The molecule has 82 valence electrons. The molecule has 1 saturated heterocycles. The lowest BCUT2D eigenvalue weighted by Gasteiger charge is -2.30. The van der Waals surface area contributed by atoms with Crippen LogP contribution in [-0.4, -0.2) is 31.4 Å². The molecule has 0 bridgehead atoms. The lowest BCUT2D eigenvalue weighted by molar-refractivity contribution is -0.0791. The number of hydrogen-bond acceptors (Lipinski definition) is 3. The minimum atomic E-state index is -0.509. The van der Waals surface area contributed by atoms with E-state index in [4.69, 9.17) is 4.74 Å². The standard InChI is InChI=1S/C12H17NO2/c14-10-12(6-7-13-8-9-15-12)11-4-2-1-3-5-11/h1-5,13-14H,6-10H2. The first-order valence-electron chi connectivity index (χ1n) is 5.38. The smallest absolute Gasteiger partial charge is 0.117 e. The first kappa shape index (κ1) is 10.6. The van der Waals surface area contributed by atoms with Crippen LogP contribution in [0.1, 0.15) is 12.0 Å². The van der Waals surface area contributed by atoms with E-state index in [0.717, 1.165) is 25.1 Å². The molecule has 3 heteroatoms. The zero-order chi connectivity index (χ0) is 10.6. The van der Waals surface area contributed by atoms with Gasteiger partial charge in [0.2, 0.25) is 0 Å². The second-order valence-corrected chi connectivity index (χ2v) is 3.87. The average molecular weight is 207 g/mol. The lowest BCUT2D eigenvalue weighted by atomic mass is 9.91. The summed E-state index contributed by atoms with van der Waals surface area (Å²) in [5.41, 5.74) is 0.557. The van der Waals surface area contributed by atoms with Crippen LogP contribution in [-0.2, 0) is 10.3 Å². The summed E-state index contributed by atoms with van der Waals surface area (Å²) < 4.78 is 5.81. The number of nitrogens with one attached hydrogen (secondary N) is 1. The maximum Gasteiger partial charge on any atom is 0.117 e. The molecule has 2 rings (SSSR count). The Morgan fingerprint density at radius 3 is 2.80 bits per heavy atom. The SMILES string of the molecule is OCC1(c2ccccc2)CCNCCO1. The van der Waals surface area contributed by atoms with E-state index in [2.05, 4.69) is 5.32 Å². The van der Waals surface area contributed by atoms with Crippen LogP contribution in [0.25, 0.3) is 0 Å². The van der Waals surface area contributed by atoms with Gasteiger partial charge in [-0.05, 0) is 18.5 Å². The summed E-state index contributed by atoms with van der Waals surface area (Å²) in [7, 11) is 0. The number of hydrogen-bond donors (Lipinski definition) is 2. The fourth-order valence-corrected chi connectivity index (χ4v) is 1.99. The molecule has 1 aliphatic rings. The predicted molar refractivity (Wildman–Crippen MR) is 58.6 cm³/mol. The van der Waals surface area contributed by atoms with Crippen LogP contribution in [0.15, 0.2) is 30.3 Å². The molecule has 0 amide bonds. The molecule has 2 N–H and O–H groups in total. The van der Waals surface area contributed by atoms with Gasteiger partial charge in [-0.25, -0.2) is 0 Å². The summed E-state index contributed by atoms with van der Waals surface area (Å²) in [5, 5.41) is 12.8. The molecule has 1 unspecified atom stereocenters. The zero-order valence-electron chi connectivity index (χ0n) is 8.78. The molecule has 15 heavy (non-hydrogen) atoms. The highest BCUT2D eigenvalue weighted by Crippen LogP contribution is 2.29. The van der Waals surface area contributed by atoms with E-state index in [-0.39, 0.29) is 6.61 Å². The van der Waals surface area contributed by atoms with Crippen molar-refractivity contribution >= 4 is 0 Å². The molecule has 1 aromatic rings. The van der Waals surface area contributed by atoms with Gasteiger partial charge >= 0.3 is 0 Å². The molecule has 1 heterocycles. The van der Waals surface area contributed by atoms with Gasteiger partial charge in [-0.3, -0.25) is 0 Å². The van der Waals surface area contributed by atoms with Crippen molar-refractivity contribution in [2.75, 3.05) is 26.3 Å². The molecule has 0 aromatic heterocycles. The largest absolute Gasteiger partial charge is 0.393 e. The van der Waals surface area contributed by atoms with Crippen molar-refractivity contribution in [2.24, 2.45) is 0 Å². The third kappa shape index (κ3) is 2.20. The highest BCUT2D eigenvalue weighted by molar-refractivity contribution is 5.23. The summed E-state index contributed by atoms with van der Waals surface area (Å²) >= 11 is 0. The molecule has 1 fully saturated rings. The van der Waals surface area contributed by atoms with Gasteiger partial charge in [-0.2, -0.15) is 0 Å². The van der Waals surface area contributed by atoms with Gasteiger partial charge in [0, 0.05) is 6.54 Å². The maximum absolute atomic E-state index is 9.57.